The molecule has 0 aliphatic heterocycles. The van der Waals surface area contributed by atoms with Crippen molar-refractivity contribution in [2.24, 2.45) is 0 Å². The summed E-state index contributed by atoms with van der Waals surface area (Å²) in [4.78, 5) is 13.0. The molecule has 2 aromatic carbocycles. The molecule has 2 aromatic rings. The molecule has 2 rings (SSSR count). The standard InChI is InChI=1S/C24H25ClFNO4/c1-13(2)18(11-19-14(3)6-9-22(31-5)23(19)25)24(30)27-21(12-28)17-8-7-16(15(4)29)10-20(17)26/h6-11,21,28-29H,1,4,12H2,2-3,5H3,(H,27,30)/b18-11+/t21-/m1/s1. The Hall–Kier alpha value is -3.09. The fourth-order valence-electron chi connectivity index (χ4n) is 2.98. The van der Waals surface area contributed by atoms with E-state index in [4.69, 9.17) is 16.3 Å². The van der Waals surface area contributed by atoms with Gasteiger partial charge in [0.05, 0.1) is 24.8 Å². The molecule has 0 bridgehead atoms. The van der Waals surface area contributed by atoms with Gasteiger partial charge in [0.2, 0.25) is 0 Å². The zero-order valence-corrected chi connectivity index (χ0v) is 18.4. The minimum Gasteiger partial charge on any atom is -0.508 e. The molecule has 0 aliphatic carbocycles. The molecule has 0 heterocycles. The molecule has 7 heteroatoms. The smallest absolute Gasteiger partial charge is 0.252 e. The molecule has 0 saturated carbocycles. The van der Waals surface area contributed by atoms with Crippen molar-refractivity contribution in [2.75, 3.05) is 13.7 Å². The normalized spacial score (nSPS) is 12.3. The molecule has 0 aliphatic rings. The first-order valence-electron chi connectivity index (χ1n) is 9.40. The van der Waals surface area contributed by atoms with Crippen LogP contribution in [0.25, 0.3) is 11.8 Å². The number of hydrogen-bond donors (Lipinski definition) is 3. The maximum absolute atomic E-state index is 14.5. The lowest BCUT2D eigenvalue weighted by molar-refractivity contribution is -0.118. The Balaban J connectivity index is 2.42. The van der Waals surface area contributed by atoms with Crippen molar-refractivity contribution in [3.8, 4) is 5.75 Å². The lowest BCUT2D eigenvalue weighted by Gasteiger charge is -2.19. The van der Waals surface area contributed by atoms with Gasteiger partial charge in [-0.1, -0.05) is 43.0 Å². The number of rotatable bonds is 8. The van der Waals surface area contributed by atoms with E-state index in [-0.39, 0.29) is 22.5 Å². The molecule has 0 aromatic heterocycles. The highest BCUT2D eigenvalue weighted by molar-refractivity contribution is 6.33. The second-order valence-corrected chi connectivity index (χ2v) is 7.42. The van der Waals surface area contributed by atoms with Gasteiger partial charge in [-0.25, -0.2) is 4.39 Å². The van der Waals surface area contributed by atoms with Gasteiger partial charge in [0.25, 0.3) is 5.91 Å². The number of nitrogens with one attached hydrogen (secondary N) is 1. The Bertz CT molecular complexity index is 1060. The third-order valence-corrected chi connectivity index (χ3v) is 5.16. The number of methoxy groups -OCH3 is 1. The van der Waals surface area contributed by atoms with E-state index in [1.54, 1.807) is 19.1 Å². The van der Waals surface area contributed by atoms with E-state index in [1.165, 1.54) is 19.2 Å². The molecule has 0 saturated heterocycles. The van der Waals surface area contributed by atoms with Gasteiger partial charge in [0.15, 0.2) is 0 Å². The summed E-state index contributed by atoms with van der Waals surface area (Å²) in [6.07, 6.45) is 1.58. The van der Waals surface area contributed by atoms with Crippen molar-refractivity contribution in [3.05, 3.63) is 87.7 Å². The number of ether oxygens (including phenoxy) is 1. The first-order chi connectivity index (χ1) is 14.6. The van der Waals surface area contributed by atoms with Crippen LogP contribution in [0.5, 0.6) is 5.75 Å². The van der Waals surface area contributed by atoms with Gasteiger partial charge in [-0.15, -0.1) is 0 Å². The Morgan fingerprint density at radius 2 is 2.00 bits per heavy atom. The van der Waals surface area contributed by atoms with Crippen LogP contribution in [-0.4, -0.2) is 29.8 Å². The van der Waals surface area contributed by atoms with Gasteiger partial charge in [0.1, 0.15) is 17.3 Å². The van der Waals surface area contributed by atoms with Crippen molar-refractivity contribution >= 4 is 29.3 Å². The molecule has 0 spiro atoms. The topological polar surface area (TPSA) is 78.8 Å². The summed E-state index contributed by atoms with van der Waals surface area (Å²) in [6, 6.07) is 6.43. The fourth-order valence-corrected chi connectivity index (χ4v) is 3.32. The first kappa shape index (κ1) is 24.2. The predicted molar refractivity (Wildman–Crippen MR) is 122 cm³/mol. The second kappa shape index (κ2) is 10.3. The van der Waals surface area contributed by atoms with Crippen molar-refractivity contribution in [3.63, 3.8) is 0 Å². The van der Waals surface area contributed by atoms with E-state index in [1.807, 2.05) is 13.0 Å². The number of amides is 1. The summed E-state index contributed by atoms with van der Waals surface area (Å²) >= 11 is 6.41. The Kier molecular flexibility index (Phi) is 8.02. The van der Waals surface area contributed by atoms with Gasteiger partial charge < -0.3 is 20.3 Å². The van der Waals surface area contributed by atoms with E-state index in [0.29, 0.717) is 21.9 Å². The molecule has 0 fully saturated rings. The zero-order chi connectivity index (χ0) is 23.3. The molecule has 31 heavy (non-hydrogen) atoms. The van der Waals surface area contributed by atoms with Gasteiger partial charge in [-0.3, -0.25) is 4.79 Å². The lowest BCUT2D eigenvalue weighted by atomic mass is 9.99. The Labute approximate surface area is 186 Å². The molecule has 0 unspecified atom stereocenters. The number of hydrogen-bond acceptors (Lipinski definition) is 4. The van der Waals surface area contributed by atoms with Crippen LogP contribution in [0.1, 0.15) is 35.2 Å². The van der Waals surface area contributed by atoms with Crippen LogP contribution in [0.3, 0.4) is 0 Å². The van der Waals surface area contributed by atoms with E-state index in [0.717, 1.165) is 11.6 Å². The van der Waals surface area contributed by atoms with Crippen LogP contribution in [0.2, 0.25) is 5.02 Å². The lowest BCUT2D eigenvalue weighted by Crippen LogP contribution is -2.32. The SMILES string of the molecule is C=C(C)/C(=C\c1c(C)ccc(OC)c1Cl)C(=O)N[C@H](CO)c1ccc(C(=C)O)cc1F. The number of aliphatic hydroxyl groups is 2. The van der Waals surface area contributed by atoms with Crippen LogP contribution in [0.15, 0.2) is 54.6 Å². The van der Waals surface area contributed by atoms with Crippen LogP contribution >= 0.6 is 11.6 Å². The summed E-state index contributed by atoms with van der Waals surface area (Å²) in [7, 11) is 1.49. The number of carbonyl (C=O) groups is 1. The maximum Gasteiger partial charge on any atom is 0.252 e. The average molecular weight is 446 g/mol. The van der Waals surface area contributed by atoms with E-state index >= 15 is 0 Å². The largest absolute Gasteiger partial charge is 0.508 e. The summed E-state index contributed by atoms with van der Waals surface area (Å²) in [5.41, 5.74) is 2.36. The average Bonchev–Trinajstić information content (AvgIpc) is 2.71. The minimum absolute atomic E-state index is 0.0671. The molecule has 164 valence electrons. The summed E-state index contributed by atoms with van der Waals surface area (Å²) in [6.45, 7) is 10.2. The molecule has 1 atom stereocenters. The monoisotopic (exact) mass is 445 g/mol. The zero-order valence-electron chi connectivity index (χ0n) is 17.6. The second-order valence-electron chi connectivity index (χ2n) is 7.04. The van der Waals surface area contributed by atoms with E-state index < -0.39 is 24.4 Å². The maximum atomic E-state index is 14.5. The highest BCUT2D eigenvalue weighted by Gasteiger charge is 2.21. The minimum atomic E-state index is -1.02. The number of carbonyl (C=O) groups excluding carboxylic acids is 1. The van der Waals surface area contributed by atoms with E-state index in [2.05, 4.69) is 18.5 Å². The molecule has 3 N–H and O–H groups in total. The van der Waals surface area contributed by atoms with Crippen molar-refractivity contribution in [1.82, 2.24) is 5.32 Å². The molecule has 1 amide bonds. The van der Waals surface area contributed by atoms with Crippen LogP contribution in [0, 0.1) is 12.7 Å². The summed E-state index contributed by atoms with van der Waals surface area (Å²) < 4.78 is 19.8. The van der Waals surface area contributed by atoms with Crippen LogP contribution in [-0.2, 0) is 4.79 Å². The highest BCUT2D eigenvalue weighted by atomic mass is 35.5. The number of aliphatic hydroxyl groups excluding tert-OH is 2. The molecule has 5 nitrogen and oxygen atoms in total. The number of aryl methyl sites for hydroxylation is 1. The van der Waals surface area contributed by atoms with Crippen molar-refractivity contribution in [2.45, 2.75) is 19.9 Å². The van der Waals surface area contributed by atoms with Crippen LogP contribution in [0.4, 0.5) is 4.39 Å². The predicted octanol–water partition coefficient (Wildman–Crippen LogP) is 5.13. The Morgan fingerprint density at radius 3 is 2.52 bits per heavy atom. The van der Waals surface area contributed by atoms with Gasteiger partial charge in [-0.2, -0.15) is 0 Å². The third-order valence-electron chi connectivity index (χ3n) is 4.77. The first-order valence-corrected chi connectivity index (χ1v) is 9.78. The van der Waals surface area contributed by atoms with E-state index in [9.17, 15) is 19.4 Å². The van der Waals surface area contributed by atoms with Gasteiger partial charge in [0, 0.05) is 22.3 Å². The number of benzene rings is 2. The third kappa shape index (κ3) is 5.54. The van der Waals surface area contributed by atoms with Crippen molar-refractivity contribution in [1.29, 1.82) is 0 Å². The number of halogens is 2. The molecular weight excluding hydrogens is 421 g/mol. The van der Waals surface area contributed by atoms with Crippen molar-refractivity contribution < 1.29 is 24.1 Å². The summed E-state index contributed by atoms with van der Waals surface area (Å²) in [5.74, 6) is -1.08. The molecular formula is C24H25ClFNO4. The fraction of sp³-hybridized carbons (Fsp3) is 0.208. The Morgan fingerprint density at radius 1 is 1.32 bits per heavy atom. The molecule has 0 radical (unpaired) electrons. The summed E-state index contributed by atoms with van der Waals surface area (Å²) in [5, 5.41) is 22.2. The quantitative estimate of drug-likeness (QED) is 0.299. The highest BCUT2D eigenvalue weighted by Crippen LogP contribution is 2.33. The van der Waals surface area contributed by atoms with Gasteiger partial charge >= 0.3 is 0 Å². The van der Waals surface area contributed by atoms with Gasteiger partial charge in [-0.05, 0) is 43.2 Å². The van der Waals surface area contributed by atoms with Crippen LogP contribution < -0.4 is 10.1 Å².